The minimum absolute atomic E-state index is 0.00665. The van der Waals surface area contributed by atoms with Crippen LogP contribution in [0, 0.1) is 17.6 Å². The Morgan fingerprint density at radius 2 is 1.83 bits per heavy atom. The lowest BCUT2D eigenvalue weighted by molar-refractivity contribution is -0.140. The number of hydrogen-bond donors (Lipinski definition) is 3. The van der Waals surface area contributed by atoms with Gasteiger partial charge in [-0.05, 0) is 86.7 Å². The van der Waals surface area contributed by atoms with Crippen LogP contribution in [0.3, 0.4) is 0 Å². The van der Waals surface area contributed by atoms with E-state index < -0.39 is 58.0 Å². The van der Waals surface area contributed by atoms with Crippen molar-refractivity contribution in [3.63, 3.8) is 0 Å². The van der Waals surface area contributed by atoms with Crippen molar-refractivity contribution in [1.82, 2.24) is 19.8 Å². The summed E-state index contributed by atoms with van der Waals surface area (Å²) in [5.74, 6) is -2.27. The fraction of sp³-hybridized carbons (Fsp3) is 0.475. The Morgan fingerprint density at radius 3 is 2.49 bits per heavy atom. The molecule has 3 fully saturated rings. The molecule has 2 heterocycles. The summed E-state index contributed by atoms with van der Waals surface area (Å²) in [6.45, 7) is 9.76. The van der Waals surface area contributed by atoms with Gasteiger partial charge in [0, 0.05) is 35.4 Å². The van der Waals surface area contributed by atoms with Gasteiger partial charge < -0.3 is 25.0 Å². The Balaban J connectivity index is 1.22. The minimum Gasteiger partial charge on any atom is -0.444 e. The number of hydrogen-bond acceptors (Lipinski definition) is 6. The Morgan fingerprint density at radius 1 is 1.06 bits per heavy atom. The van der Waals surface area contributed by atoms with Crippen LogP contribution in [0.25, 0.3) is 0 Å². The number of nitrogens with one attached hydrogen (secondary N) is 3. The van der Waals surface area contributed by atoms with E-state index in [-0.39, 0.29) is 43.8 Å². The van der Waals surface area contributed by atoms with E-state index in [4.69, 9.17) is 4.74 Å². The lowest BCUT2D eigenvalue weighted by Gasteiger charge is -2.30. The first kappa shape index (κ1) is 38.2. The molecule has 0 radical (unpaired) electrons. The molecular formula is C40H49F2N5O5S. The van der Waals surface area contributed by atoms with Crippen LogP contribution in [0.4, 0.5) is 19.3 Å². The van der Waals surface area contributed by atoms with Crippen molar-refractivity contribution in [2.75, 3.05) is 11.9 Å². The van der Waals surface area contributed by atoms with Crippen LogP contribution >= 0.6 is 10.7 Å². The Kier molecular flexibility index (Phi) is 12.0. The van der Waals surface area contributed by atoms with E-state index in [1.165, 1.54) is 28.0 Å². The van der Waals surface area contributed by atoms with Crippen molar-refractivity contribution in [3.05, 3.63) is 90.5 Å². The van der Waals surface area contributed by atoms with Gasteiger partial charge in [-0.25, -0.2) is 13.6 Å². The number of benzene rings is 2. The van der Waals surface area contributed by atoms with Crippen LogP contribution in [-0.4, -0.2) is 74.5 Å². The highest BCUT2D eigenvalue weighted by atomic mass is 32.2. The Hall–Kier alpha value is -4.52. The van der Waals surface area contributed by atoms with Crippen LogP contribution in [0.2, 0.25) is 0 Å². The number of anilines is 1. The van der Waals surface area contributed by atoms with Gasteiger partial charge in [0.2, 0.25) is 11.8 Å². The van der Waals surface area contributed by atoms with Crippen LogP contribution in [0.1, 0.15) is 75.8 Å². The lowest BCUT2D eigenvalue weighted by atomic mass is 10.0. The SMILES string of the molecule is C=CCCCCC[C@H](Nc1ccc(F)cc1)C(=O)N1C[C@H](OC(=O)N2Cc3cccc(F)c3C2)C[C@H]1C(=O)N[C@]1(C(=O)N/S(=C/C)C2CC2)C[C@H]1C=C. The van der Waals surface area contributed by atoms with Gasteiger partial charge in [-0.15, -0.1) is 13.2 Å². The number of allylic oxidation sites excluding steroid dienone is 1. The second-order valence-corrected chi connectivity index (χ2v) is 16.4. The maximum absolute atomic E-state index is 14.5. The van der Waals surface area contributed by atoms with Crippen molar-refractivity contribution >= 4 is 45.5 Å². The minimum atomic E-state index is -1.20. The molecular weight excluding hydrogens is 701 g/mol. The molecule has 2 aliphatic heterocycles. The summed E-state index contributed by atoms with van der Waals surface area (Å²) in [6, 6.07) is 8.60. The molecule has 1 saturated heterocycles. The van der Waals surface area contributed by atoms with Crippen molar-refractivity contribution in [2.24, 2.45) is 5.92 Å². The molecule has 2 saturated carbocycles. The highest BCUT2D eigenvalue weighted by Crippen LogP contribution is 2.47. The summed E-state index contributed by atoms with van der Waals surface area (Å²) < 4.78 is 37.3. The maximum Gasteiger partial charge on any atom is 0.410 e. The largest absolute Gasteiger partial charge is 0.444 e. The summed E-state index contributed by atoms with van der Waals surface area (Å²) in [5.41, 5.74) is 0.470. The predicted molar refractivity (Wildman–Crippen MR) is 203 cm³/mol. The summed E-state index contributed by atoms with van der Waals surface area (Å²) in [7, 11) is -0.417. The zero-order chi connectivity index (χ0) is 37.7. The van der Waals surface area contributed by atoms with Gasteiger partial charge in [-0.2, -0.15) is 0 Å². The molecule has 0 spiro atoms. The molecule has 0 aromatic heterocycles. The highest BCUT2D eigenvalue weighted by Gasteiger charge is 2.61. The molecule has 284 valence electrons. The van der Waals surface area contributed by atoms with Crippen molar-refractivity contribution in [2.45, 2.75) is 107 Å². The van der Waals surface area contributed by atoms with Gasteiger partial charge in [0.05, 0.1) is 13.1 Å². The fourth-order valence-corrected chi connectivity index (χ4v) is 9.02. The average Bonchev–Trinajstić information content (AvgIpc) is 4.03. The van der Waals surface area contributed by atoms with Gasteiger partial charge in [0.15, 0.2) is 0 Å². The standard InChI is InChI=1S/C40H49F2N5O5S/c1-4-7-8-9-10-14-34(43-29-17-15-28(41)16-18-29)37(49)47-24-30(52-39(51)46-23-26-12-11-13-33(42)32(26)25-46)21-35(47)36(48)44-40(22-27(40)5-2)38(50)45-53(6-3)31-19-20-31/h4-6,11-13,15-18,27,30-31,34-35,43H,1-2,7-10,14,19-25H2,3H3,(H,44,48)(H,45,50)/t27-,30-,34+,35+,40-,53?/m1/s1. The topological polar surface area (TPSA) is 120 Å². The average molecular weight is 750 g/mol. The van der Waals surface area contributed by atoms with E-state index in [1.54, 1.807) is 30.3 Å². The van der Waals surface area contributed by atoms with E-state index in [1.807, 2.05) is 18.4 Å². The van der Waals surface area contributed by atoms with Crippen LogP contribution < -0.4 is 15.4 Å². The Labute approximate surface area is 312 Å². The molecule has 4 aliphatic rings. The lowest BCUT2D eigenvalue weighted by Crippen LogP contribution is -2.56. The molecule has 10 nitrogen and oxygen atoms in total. The molecule has 6 rings (SSSR count). The van der Waals surface area contributed by atoms with E-state index in [2.05, 4.69) is 28.5 Å². The molecule has 6 atom stereocenters. The predicted octanol–water partition coefficient (Wildman–Crippen LogP) is 6.35. The number of nitrogens with zero attached hydrogens (tertiary/aromatic N) is 2. The summed E-state index contributed by atoms with van der Waals surface area (Å²) in [5, 5.41) is 8.64. The number of halogens is 2. The number of rotatable bonds is 16. The van der Waals surface area contributed by atoms with E-state index in [9.17, 15) is 28.0 Å². The Bertz CT molecular complexity index is 1770. The molecule has 13 heteroatoms. The number of likely N-dealkylation sites (tertiary alicyclic amines) is 1. The van der Waals surface area contributed by atoms with Crippen molar-refractivity contribution in [1.29, 1.82) is 0 Å². The van der Waals surface area contributed by atoms with E-state index in [0.29, 0.717) is 41.3 Å². The molecule has 4 amide bonds. The van der Waals surface area contributed by atoms with Crippen LogP contribution in [0.15, 0.2) is 67.8 Å². The maximum atomic E-state index is 14.5. The second kappa shape index (κ2) is 16.7. The zero-order valence-corrected chi connectivity index (χ0v) is 31.0. The third-order valence-electron chi connectivity index (χ3n) is 10.6. The van der Waals surface area contributed by atoms with Gasteiger partial charge in [-0.3, -0.25) is 19.3 Å². The molecule has 2 aromatic carbocycles. The fourth-order valence-electron chi connectivity index (χ4n) is 7.31. The van der Waals surface area contributed by atoms with Gasteiger partial charge in [-0.1, -0.05) is 47.8 Å². The molecule has 0 bridgehead atoms. The number of carbonyl (C=O) groups excluding carboxylic acids is 4. The number of carbonyl (C=O) groups is 4. The smallest absolute Gasteiger partial charge is 0.410 e. The summed E-state index contributed by atoms with van der Waals surface area (Å²) >= 11 is 0. The zero-order valence-electron chi connectivity index (χ0n) is 30.2. The van der Waals surface area contributed by atoms with Crippen molar-refractivity contribution in [3.8, 4) is 0 Å². The second-order valence-electron chi connectivity index (χ2n) is 14.4. The molecule has 2 aliphatic carbocycles. The summed E-state index contributed by atoms with van der Waals surface area (Å²) in [4.78, 5) is 58.9. The quantitative estimate of drug-likeness (QED) is 0.105. The van der Waals surface area contributed by atoms with Crippen molar-refractivity contribution < 1.29 is 32.7 Å². The number of amides is 4. The van der Waals surface area contributed by atoms with E-state index in [0.717, 1.165) is 32.1 Å². The van der Waals surface area contributed by atoms with Crippen LogP contribution in [-0.2, 0) is 32.2 Å². The first-order chi connectivity index (χ1) is 25.6. The number of ether oxygens (including phenoxy) is 1. The van der Waals surface area contributed by atoms with Gasteiger partial charge in [0.25, 0.3) is 5.91 Å². The summed E-state index contributed by atoms with van der Waals surface area (Å²) in [6.07, 6.45) is 8.20. The van der Waals surface area contributed by atoms with Gasteiger partial charge in [0.1, 0.15) is 35.4 Å². The highest BCUT2D eigenvalue weighted by molar-refractivity contribution is 8.14. The molecule has 3 N–H and O–H groups in total. The monoisotopic (exact) mass is 749 g/mol. The number of fused-ring (bicyclic) bond motifs is 1. The third kappa shape index (κ3) is 8.83. The first-order valence-corrected chi connectivity index (χ1v) is 19.8. The molecule has 2 aromatic rings. The van der Waals surface area contributed by atoms with E-state index >= 15 is 0 Å². The third-order valence-corrected chi connectivity index (χ3v) is 12.7. The normalized spacial score (nSPS) is 24.2. The van der Waals surface area contributed by atoms with Gasteiger partial charge >= 0.3 is 6.09 Å². The number of unbranched alkanes of at least 4 members (excludes halogenated alkanes) is 3. The molecule has 1 unspecified atom stereocenters. The molecule has 53 heavy (non-hydrogen) atoms. The van der Waals surface area contributed by atoms with Crippen LogP contribution in [0.5, 0.6) is 0 Å². The first-order valence-electron chi connectivity index (χ1n) is 18.5.